The second-order valence-electron chi connectivity index (χ2n) is 4.37. The van der Waals surface area contributed by atoms with E-state index in [0.717, 1.165) is 5.56 Å². The third-order valence-electron chi connectivity index (χ3n) is 2.57. The van der Waals surface area contributed by atoms with Gasteiger partial charge in [-0.2, -0.15) is 0 Å². The van der Waals surface area contributed by atoms with Crippen LogP contribution >= 0.6 is 11.6 Å². The average Bonchev–Trinajstić information content (AvgIpc) is 2.39. The highest BCUT2D eigenvalue weighted by atomic mass is 35.5. The van der Waals surface area contributed by atoms with Crippen molar-refractivity contribution in [3.8, 4) is 0 Å². The molecular formula is C13H19ClN2O3S. The maximum atomic E-state index is 11.5. The van der Waals surface area contributed by atoms with Gasteiger partial charge in [-0.05, 0) is 30.5 Å². The Morgan fingerprint density at radius 1 is 1.25 bits per heavy atom. The van der Waals surface area contributed by atoms with E-state index >= 15 is 0 Å². The summed E-state index contributed by atoms with van der Waals surface area (Å²) in [7, 11) is -3.33. The molecule has 0 aliphatic rings. The van der Waals surface area contributed by atoms with Crippen molar-refractivity contribution < 1.29 is 13.2 Å². The fourth-order valence-corrected chi connectivity index (χ4v) is 2.74. The Hall–Kier alpha value is -1.11. The van der Waals surface area contributed by atoms with Crippen LogP contribution in [0.4, 0.5) is 0 Å². The van der Waals surface area contributed by atoms with Gasteiger partial charge in [0.25, 0.3) is 0 Å². The van der Waals surface area contributed by atoms with Crippen LogP contribution in [0.5, 0.6) is 0 Å². The molecule has 7 heteroatoms. The number of carbonyl (C=O) groups is 1. The molecule has 0 fully saturated rings. The molecule has 112 valence electrons. The van der Waals surface area contributed by atoms with Crippen LogP contribution in [0.15, 0.2) is 24.3 Å². The van der Waals surface area contributed by atoms with Crippen molar-refractivity contribution in [3.63, 3.8) is 0 Å². The Bertz CT molecular complexity index is 529. The summed E-state index contributed by atoms with van der Waals surface area (Å²) >= 11 is 5.77. The number of halogens is 1. The quantitative estimate of drug-likeness (QED) is 0.759. The van der Waals surface area contributed by atoms with Gasteiger partial charge in [-0.1, -0.05) is 30.7 Å². The number of hydrogen-bond donors (Lipinski definition) is 2. The Balaban J connectivity index is 2.25. The highest BCUT2D eigenvalue weighted by molar-refractivity contribution is 7.89. The summed E-state index contributed by atoms with van der Waals surface area (Å²) in [5, 5.41) is 3.33. The molecule has 2 N–H and O–H groups in total. The molecular weight excluding hydrogens is 300 g/mol. The lowest BCUT2D eigenvalue weighted by molar-refractivity contribution is -0.119. The van der Waals surface area contributed by atoms with Crippen LogP contribution in [0, 0.1) is 0 Å². The van der Waals surface area contributed by atoms with Crippen LogP contribution in [-0.2, 0) is 21.2 Å². The Morgan fingerprint density at radius 3 is 2.50 bits per heavy atom. The standard InChI is InChI=1S/C13H19ClN2O3S/c1-2-9-20(18,19)16-10-13(17)15-8-7-11-3-5-12(14)6-4-11/h3-6,16H,2,7-10H2,1H3,(H,15,17). The van der Waals surface area contributed by atoms with Crippen LogP contribution < -0.4 is 10.0 Å². The largest absolute Gasteiger partial charge is 0.355 e. The van der Waals surface area contributed by atoms with Crippen LogP contribution in [0.3, 0.4) is 0 Å². The number of rotatable bonds is 8. The molecule has 0 spiro atoms. The van der Waals surface area contributed by atoms with Crippen LogP contribution in [0.2, 0.25) is 5.02 Å². The number of amides is 1. The predicted molar refractivity (Wildman–Crippen MR) is 80.2 cm³/mol. The molecule has 1 rings (SSSR count). The summed E-state index contributed by atoms with van der Waals surface area (Å²) in [5.74, 6) is -0.302. The maximum Gasteiger partial charge on any atom is 0.235 e. The van der Waals surface area contributed by atoms with E-state index in [0.29, 0.717) is 24.4 Å². The summed E-state index contributed by atoms with van der Waals surface area (Å²) in [4.78, 5) is 11.5. The van der Waals surface area contributed by atoms with Crippen molar-refractivity contribution in [2.24, 2.45) is 0 Å². The topological polar surface area (TPSA) is 75.3 Å². The fourth-order valence-electron chi connectivity index (χ4n) is 1.58. The van der Waals surface area contributed by atoms with Crippen molar-refractivity contribution in [2.45, 2.75) is 19.8 Å². The van der Waals surface area contributed by atoms with Gasteiger partial charge < -0.3 is 5.32 Å². The molecule has 0 radical (unpaired) electrons. The Kier molecular flexibility index (Phi) is 6.98. The highest BCUT2D eigenvalue weighted by Gasteiger charge is 2.10. The van der Waals surface area contributed by atoms with E-state index < -0.39 is 10.0 Å². The average molecular weight is 319 g/mol. The predicted octanol–water partition coefficient (Wildman–Crippen LogP) is 1.33. The monoisotopic (exact) mass is 318 g/mol. The molecule has 0 heterocycles. The van der Waals surface area contributed by atoms with Gasteiger partial charge in [0.2, 0.25) is 15.9 Å². The third-order valence-corrected chi connectivity index (χ3v) is 4.36. The van der Waals surface area contributed by atoms with Crippen molar-refractivity contribution in [2.75, 3.05) is 18.8 Å². The molecule has 0 atom stereocenters. The fraction of sp³-hybridized carbons (Fsp3) is 0.462. The maximum absolute atomic E-state index is 11.5. The molecule has 1 aromatic carbocycles. The second-order valence-corrected chi connectivity index (χ2v) is 6.73. The first-order chi connectivity index (χ1) is 9.43. The van der Waals surface area contributed by atoms with Gasteiger partial charge in [-0.25, -0.2) is 13.1 Å². The van der Waals surface area contributed by atoms with Gasteiger partial charge in [0.1, 0.15) is 0 Å². The van der Waals surface area contributed by atoms with Crippen molar-refractivity contribution >= 4 is 27.5 Å². The lowest BCUT2D eigenvalue weighted by atomic mass is 10.1. The molecule has 0 unspecified atom stereocenters. The number of nitrogens with one attached hydrogen (secondary N) is 2. The first kappa shape index (κ1) is 16.9. The molecule has 1 amide bonds. The van der Waals surface area contributed by atoms with Gasteiger partial charge in [0.05, 0.1) is 12.3 Å². The molecule has 0 saturated carbocycles. The molecule has 20 heavy (non-hydrogen) atoms. The van der Waals surface area contributed by atoms with Crippen LogP contribution in [-0.4, -0.2) is 33.2 Å². The van der Waals surface area contributed by atoms with E-state index in [1.54, 1.807) is 19.1 Å². The van der Waals surface area contributed by atoms with E-state index in [4.69, 9.17) is 11.6 Å². The third kappa shape index (κ3) is 6.88. The zero-order chi connectivity index (χ0) is 15.0. The molecule has 1 aromatic rings. The molecule has 0 aliphatic heterocycles. The lowest BCUT2D eigenvalue weighted by Gasteiger charge is -2.07. The van der Waals surface area contributed by atoms with Gasteiger partial charge in [0.15, 0.2) is 0 Å². The van der Waals surface area contributed by atoms with E-state index in [1.807, 2.05) is 12.1 Å². The molecule has 0 aromatic heterocycles. The van der Waals surface area contributed by atoms with E-state index in [1.165, 1.54) is 0 Å². The minimum Gasteiger partial charge on any atom is -0.355 e. The highest BCUT2D eigenvalue weighted by Crippen LogP contribution is 2.09. The zero-order valence-electron chi connectivity index (χ0n) is 11.4. The number of sulfonamides is 1. The summed E-state index contributed by atoms with van der Waals surface area (Å²) in [6.07, 6.45) is 1.19. The molecule has 5 nitrogen and oxygen atoms in total. The zero-order valence-corrected chi connectivity index (χ0v) is 12.9. The number of benzene rings is 1. The summed E-state index contributed by atoms with van der Waals surface area (Å²) in [5.41, 5.74) is 1.06. The first-order valence-electron chi connectivity index (χ1n) is 6.41. The van der Waals surface area contributed by atoms with Crippen molar-refractivity contribution in [1.82, 2.24) is 10.0 Å². The van der Waals surface area contributed by atoms with E-state index in [2.05, 4.69) is 10.0 Å². The summed E-state index contributed by atoms with van der Waals surface area (Å²) in [6.45, 7) is 2.00. The van der Waals surface area contributed by atoms with Crippen LogP contribution in [0.25, 0.3) is 0 Å². The number of carbonyl (C=O) groups excluding carboxylic acids is 1. The normalized spacial score (nSPS) is 11.3. The molecule has 0 aliphatic carbocycles. The summed E-state index contributed by atoms with van der Waals surface area (Å²) in [6, 6.07) is 7.35. The van der Waals surface area contributed by atoms with Crippen molar-refractivity contribution in [1.29, 1.82) is 0 Å². The molecule has 0 saturated heterocycles. The van der Waals surface area contributed by atoms with Gasteiger partial charge in [-0.3, -0.25) is 4.79 Å². The van der Waals surface area contributed by atoms with Gasteiger partial charge in [0, 0.05) is 11.6 Å². The lowest BCUT2D eigenvalue weighted by Crippen LogP contribution is -2.38. The first-order valence-corrected chi connectivity index (χ1v) is 8.44. The minimum atomic E-state index is -3.33. The molecule has 0 bridgehead atoms. The van der Waals surface area contributed by atoms with E-state index in [9.17, 15) is 13.2 Å². The second kappa shape index (κ2) is 8.24. The Morgan fingerprint density at radius 2 is 1.90 bits per heavy atom. The van der Waals surface area contributed by atoms with E-state index in [-0.39, 0.29) is 18.2 Å². The smallest absolute Gasteiger partial charge is 0.235 e. The Labute approximate surface area is 124 Å². The van der Waals surface area contributed by atoms with Crippen LogP contribution in [0.1, 0.15) is 18.9 Å². The summed E-state index contributed by atoms with van der Waals surface area (Å²) < 4.78 is 25.0. The van der Waals surface area contributed by atoms with Crippen molar-refractivity contribution in [3.05, 3.63) is 34.9 Å². The minimum absolute atomic E-state index is 0.0328. The number of hydrogen-bond acceptors (Lipinski definition) is 3. The van der Waals surface area contributed by atoms with Gasteiger partial charge >= 0.3 is 0 Å². The van der Waals surface area contributed by atoms with Gasteiger partial charge in [-0.15, -0.1) is 0 Å². The SMILES string of the molecule is CCCS(=O)(=O)NCC(=O)NCCc1ccc(Cl)cc1.